The highest BCUT2D eigenvalue weighted by atomic mass is 32.2. The van der Waals surface area contributed by atoms with Crippen molar-refractivity contribution in [2.75, 3.05) is 0 Å². The van der Waals surface area contributed by atoms with Crippen LogP contribution in [0.2, 0.25) is 0 Å². The second-order valence-corrected chi connectivity index (χ2v) is 10.4. The van der Waals surface area contributed by atoms with Crippen LogP contribution in [0.3, 0.4) is 0 Å². The summed E-state index contributed by atoms with van der Waals surface area (Å²) in [7, 11) is 0. The van der Waals surface area contributed by atoms with Crippen LogP contribution >= 0.6 is 11.8 Å². The van der Waals surface area contributed by atoms with Crippen LogP contribution in [-0.4, -0.2) is 10.1 Å². The van der Waals surface area contributed by atoms with E-state index in [-0.39, 0.29) is 6.04 Å². The van der Waals surface area contributed by atoms with E-state index >= 15 is 0 Å². The first-order chi connectivity index (χ1) is 16.7. The van der Waals surface area contributed by atoms with Crippen molar-refractivity contribution in [3.63, 3.8) is 0 Å². The molecule has 0 spiro atoms. The molecule has 3 heteroatoms. The standard InChI is InChI=1S/C31H28N2S/c1-21-13-15-24(16-14-21)28-20-34-31-32-29-26(19-23-9-5-3-6-10-23)17-22(2)18-27(29)30(33(28)31)25-11-7-4-8-12-25/h3-16,19-20,22,30H,17-18H2,1-2H3/b26-19-/t22-,30-/m0/s1. The van der Waals surface area contributed by atoms with Crippen molar-refractivity contribution in [1.82, 2.24) is 4.90 Å². The third-order valence-electron chi connectivity index (χ3n) is 6.89. The fourth-order valence-corrected chi connectivity index (χ4v) is 6.24. The smallest absolute Gasteiger partial charge is 0.174 e. The maximum atomic E-state index is 5.31. The molecule has 0 unspecified atom stereocenters. The molecule has 34 heavy (non-hydrogen) atoms. The molecule has 168 valence electrons. The molecule has 0 N–H and O–H groups in total. The van der Waals surface area contributed by atoms with Crippen LogP contribution in [0.5, 0.6) is 0 Å². The Morgan fingerprint density at radius 2 is 1.59 bits per heavy atom. The molecule has 3 aliphatic rings. The molecule has 0 saturated carbocycles. The molecule has 3 aromatic carbocycles. The molecule has 1 aliphatic carbocycles. The van der Waals surface area contributed by atoms with Gasteiger partial charge in [0.1, 0.15) is 0 Å². The van der Waals surface area contributed by atoms with Gasteiger partial charge in [-0.05, 0) is 59.6 Å². The lowest BCUT2D eigenvalue weighted by Gasteiger charge is -2.41. The van der Waals surface area contributed by atoms with Gasteiger partial charge in [-0.25, -0.2) is 4.99 Å². The van der Waals surface area contributed by atoms with Crippen molar-refractivity contribution < 1.29 is 0 Å². The second-order valence-electron chi connectivity index (χ2n) is 9.53. The molecule has 0 bridgehead atoms. The fraction of sp³-hybridized carbons (Fsp3) is 0.194. The minimum Gasteiger partial charge on any atom is -0.308 e. The molecule has 0 amide bonds. The van der Waals surface area contributed by atoms with E-state index in [1.807, 2.05) is 0 Å². The van der Waals surface area contributed by atoms with E-state index in [4.69, 9.17) is 4.99 Å². The number of amidine groups is 1. The number of benzene rings is 3. The summed E-state index contributed by atoms with van der Waals surface area (Å²) in [5.74, 6) is 0.582. The third-order valence-corrected chi connectivity index (χ3v) is 7.73. The van der Waals surface area contributed by atoms with Gasteiger partial charge in [0.15, 0.2) is 5.17 Å². The minimum absolute atomic E-state index is 0.160. The molecule has 2 atom stereocenters. The van der Waals surface area contributed by atoms with Crippen LogP contribution in [-0.2, 0) is 0 Å². The quantitative estimate of drug-likeness (QED) is 0.391. The number of allylic oxidation sites excluding steroid dienone is 1. The number of hydrogen-bond acceptors (Lipinski definition) is 3. The number of aliphatic imine (C=N–C) groups is 1. The summed E-state index contributed by atoms with van der Waals surface area (Å²) in [5, 5.41) is 3.36. The first-order valence-electron chi connectivity index (χ1n) is 12.0. The largest absolute Gasteiger partial charge is 0.308 e. The molecule has 3 aromatic rings. The number of thioether (sulfide) groups is 1. The van der Waals surface area contributed by atoms with Gasteiger partial charge >= 0.3 is 0 Å². The Labute approximate surface area is 206 Å². The van der Waals surface area contributed by atoms with Gasteiger partial charge < -0.3 is 4.90 Å². The SMILES string of the molecule is Cc1ccc(C2=CSC3=NC4=C(C[C@@H](C)C/C4=C/c4ccccc4)[C@H](c4ccccc4)N23)cc1. The van der Waals surface area contributed by atoms with Crippen LogP contribution in [0.4, 0.5) is 0 Å². The Balaban J connectivity index is 1.51. The molecule has 2 nitrogen and oxygen atoms in total. The van der Waals surface area contributed by atoms with Gasteiger partial charge in [-0.15, -0.1) is 0 Å². The van der Waals surface area contributed by atoms with Crippen molar-refractivity contribution in [3.8, 4) is 0 Å². The van der Waals surface area contributed by atoms with Crippen molar-refractivity contribution in [3.05, 3.63) is 129 Å². The van der Waals surface area contributed by atoms with E-state index in [9.17, 15) is 0 Å². The minimum atomic E-state index is 0.160. The summed E-state index contributed by atoms with van der Waals surface area (Å²) in [6, 6.07) is 30.7. The van der Waals surface area contributed by atoms with Gasteiger partial charge in [0.2, 0.25) is 0 Å². The Hall–Kier alpha value is -3.30. The molecular formula is C31H28N2S. The summed E-state index contributed by atoms with van der Waals surface area (Å²) in [4.78, 5) is 7.79. The monoisotopic (exact) mass is 460 g/mol. The summed E-state index contributed by atoms with van der Waals surface area (Å²) < 4.78 is 0. The normalized spacial score (nSPS) is 22.9. The van der Waals surface area contributed by atoms with Crippen molar-refractivity contribution in [2.24, 2.45) is 10.9 Å². The zero-order chi connectivity index (χ0) is 23.1. The highest BCUT2D eigenvalue weighted by molar-refractivity contribution is 8.16. The molecule has 0 aromatic heterocycles. The molecule has 2 aliphatic heterocycles. The second kappa shape index (κ2) is 8.81. The summed E-state index contributed by atoms with van der Waals surface area (Å²) in [6.45, 7) is 4.52. The summed E-state index contributed by atoms with van der Waals surface area (Å²) >= 11 is 1.75. The van der Waals surface area contributed by atoms with Crippen LogP contribution in [0.1, 0.15) is 48.1 Å². The zero-order valence-corrected chi connectivity index (χ0v) is 20.4. The van der Waals surface area contributed by atoms with Gasteiger partial charge in [0.05, 0.1) is 17.4 Å². The predicted molar refractivity (Wildman–Crippen MR) is 145 cm³/mol. The van der Waals surface area contributed by atoms with E-state index in [0.29, 0.717) is 5.92 Å². The average Bonchev–Trinajstić information content (AvgIpc) is 3.28. The maximum Gasteiger partial charge on any atom is 0.174 e. The van der Waals surface area contributed by atoms with E-state index in [1.165, 1.54) is 44.8 Å². The molecule has 2 heterocycles. The average molecular weight is 461 g/mol. The number of hydrogen-bond donors (Lipinski definition) is 0. The lowest BCUT2D eigenvalue weighted by molar-refractivity contribution is 0.425. The molecule has 6 rings (SSSR count). The Bertz CT molecular complexity index is 1330. The first-order valence-corrected chi connectivity index (χ1v) is 12.9. The number of fused-ring (bicyclic) bond motifs is 1. The van der Waals surface area contributed by atoms with Gasteiger partial charge in [0, 0.05) is 5.41 Å². The van der Waals surface area contributed by atoms with Crippen molar-refractivity contribution >= 4 is 28.7 Å². The Morgan fingerprint density at radius 1 is 0.882 bits per heavy atom. The third kappa shape index (κ3) is 3.84. The predicted octanol–water partition coefficient (Wildman–Crippen LogP) is 8.22. The van der Waals surface area contributed by atoms with Crippen LogP contribution in [0.15, 0.2) is 112 Å². The molecule has 0 fully saturated rings. The van der Waals surface area contributed by atoms with Crippen LogP contribution in [0.25, 0.3) is 11.8 Å². The zero-order valence-electron chi connectivity index (χ0n) is 19.6. The summed E-state index contributed by atoms with van der Waals surface area (Å²) in [5.41, 5.74) is 10.4. The maximum absolute atomic E-state index is 5.31. The van der Waals surface area contributed by atoms with E-state index < -0.39 is 0 Å². The number of aryl methyl sites for hydroxylation is 1. The van der Waals surface area contributed by atoms with Crippen molar-refractivity contribution in [2.45, 2.75) is 32.7 Å². The van der Waals surface area contributed by atoms with Crippen LogP contribution in [0, 0.1) is 12.8 Å². The van der Waals surface area contributed by atoms with Gasteiger partial charge in [-0.3, -0.25) is 0 Å². The van der Waals surface area contributed by atoms with Gasteiger partial charge in [0.25, 0.3) is 0 Å². The topological polar surface area (TPSA) is 15.6 Å². The van der Waals surface area contributed by atoms with Crippen LogP contribution < -0.4 is 0 Å². The van der Waals surface area contributed by atoms with E-state index in [1.54, 1.807) is 11.8 Å². The lowest BCUT2D eigenvalue weighted by atomic mass is 9.78. The Morgan fingerprint density at radius 3 is 2.32 bits per heavy atom. The lowest BCUT2D eigenvalue weighted by Crippen LogP contribution is -2.35. The van der Waals surface area contributed by atoms with Crippen molar-refractivity contribution in [1.29, 1.82) is 0 Å². The molecular weight excluding hydrogens is 432 g/mol. The highest BCUT2D eigenvalue weighted by Crippen LogP contribution is 2.51. The summed E-state index contributed by atoms with van der Waals surface area (Å²) in [6.07, 6.45) is 4.48. The fourth-order valence-electron chi connectivity index (χ4n) is 5.31. The van der Waals surface area contributed by atoms with E-state index in [2.05, 4.69) is 115 Å². The number of rotatable bonds is 3. The molecule has 0 radical (unpaired) electrons. The number of nitrogens with zero attached hydrogens (tertiary/aromatic N) is 2. The molecule has 0 saturated heterocycles. The Kier molecular flexibility index (Phi) is 5.50. The van der Waals surface area contributed by atoms with Gasteiger partial charge in [-0.1, -0.05) is 109 Å². The highest BCUT2D eigenvalue weighted by Gasteiger charge is 2.41. The van der Waals surface area contributed by atoms with E-state index in [0.717, 1.165) is 18.0 Å². The first kappa shape index (κ1) is 21.2. The van der Waals surface area contributed by atoms with Gasteiger partial charge in [-0.2, -0.15) is 0 Å².